The molecule has 0 bridgehead atoms. The molecule has 5 rings (SSSR count). The number of aromatic amines is 1. The number of H-pyrrole nitrogens is 1. The summed E-state index contributed by atoms with van der Waals surface area (Å²) in [4.78, 5) is 23.8. The summed E-state index contributed by atoms with van der Waals surface area (Å²) >= 11 is 6.43. The zero-order valence-electron chi connectivity index (χ0n) is 18.0. The molecule has 0 unspecified atom stereocenters. The molecule has 1 saturated carbocycles. The molecule has 0 aliphatic heterocycles. The van der Waals surface area contributed by atoms with E-state index in [-0.39, 0.29) is 11.9 Å². The number of amides is 1. The predicted molar refractivity (Wildman–Crippen MR) is 129 cm³/mol. The number of halogens is 1. The van der Waals surface area contributed by atoms with Crippen LogP contribution in [0.4, 0.5) is 11.6 Å². The van der Waals surface area contributed by atoms with Crippen molar-refractivity contribution in [1.82, 2.24) is 30.0 Å². The van der Waals surface area contributed by atoms with E-state index >= 15 is 0 Å². The van der Waals surface area contributed by atoms with Gasteiger partial charge in [-0.15, -0.1) is 0 Å². The molecule has 3 N–H and O–H groups in total. The lowest BCUT2D eigenvalue weighted by Gasteiger charge is -2.28. The summed E-state index contributed by atoms with van der Waals surface area (Å²) in [6.07, 6.45) is 12.3. The van der Waals surface area contributed by atoms with Gasteiger partial charge in [0.25, 0.3) is 0 Å². The van der Waals surface area contributed by atoms with Gasteiger partial charge in [-0.05, 0) is 37.8 Å². The molecular weight excluding hydrogens is 438 g/mol. The minimum atomic E-state index is -0.112. The van der Waals surface area contributed by atoms with Gasteiger partial charge in [-0.1, -0.05) is 36.4 Å². The molecule has 0 spiro atoms. The second-order valence-corrected chi connectivity index (χ2v) is 8.60. The number of nitrogens with zero attached hydrogens (tertiary/aromatic N) is 4. The monoisotopic (exact) mass is 461 g/mol. The Hall–Kier alpha value is -3.65. The second-order valence-electron chi connectivity index (χ2n) is 8.19. The summed E-state index contributed by atoms with van der Waals surface area (Å²) < 4.78 is 1.98. The molecule has 3 heterocycles. The summed E-state index contributed by atoms with van der Waals surface area (Å²) in [7, 11) is 0. The predicted octanol–water partition coefficient (Wildman–Crippen LogP) is 5.00. The number of rotatable bonds is 6. The highest BCUT2D eigenvalue weighted by Crippen LogP contribution is 2.33. The molecule has 0 atom stereocenters. The maximum atomic E-state index is 11.5. The highest BCUT2D eigenvalue weighted by atomic mass is 35.5. The fourth-order valence-corrected chi connectivity index (χ4v) is 4.55. The van der Waals surface area contributed by atoms with Gasteiger partial charge < -0.3 is 15.6 Å². The van der Waals surface area contributed by atoms with Gasteiger partial charge >= 0.3 is 0 Å². The van der Waals surface area contributed by atoms with Crippen molar-refractivity contribution in [1.29, 1.82) is 0 Å². The topological polar surface area (TPSA) is 101 Å². The third-order valence-electron chi connectivity index (χ3n) is 6.05. The molecule has 1 aromatic carbocycles. The van der Waals surface area contributed by atoms with Crippen LogP contribution in [-0.4, -0.2) is 36.7 Å². The van der Waals surface area contributed by atoms with Gasteiger partial charge in [0.2, 0.25) is 11.9 Å². The van der Waals surface area contributed by atoms with E-state index in [9.17, 15) is 4.79 Å². The number of carbonyl (C=O) groups excluding carboxylic acids is 1. The van der Waals surface area contributed by atoms with E-state index < -0.39 is 0 Å². The van der Waals surface area contributed by atoms with Crippen LogP contribution in [-0.2, 0) is 4.79 Å². The fourth-order valence-electron chi connectivity index (χ4n) is 4.36. The molecule has 168 valence electrons. The summed E-state index contributed by atoms with van der Waals surface area (Å²) in [6.45, 7) is 3.51. The van der Waals surface area contributed by atoms with Crippen LogP contribution in [0.15, 0.2) is 61.7 Å². The molecule has 33 heavy (non-hydrogen) atoms. The largest absolute Gasteiger partial charge is 0.360 e. The van der Waals surface area contributed by atoms with Crippen LogP contribution in [0.2, 0.25) is 5.02 Å². The number of fused-ring (bicyclic) bond motifs is 1. The van der Waals surface area contributed by atoms with Gasteiger partial charge in [0, 0.05) is 34.9 Å². The second kappa shape index (κ2) is 9.07. The normalized spacial score (nSPS) is 18.2. The lowest BCUT2D eigenvalue weighted by molar-refractivity contribution is -0.117. The number of carbonyl (C=O) groups is 1. The van der Waals surface area contributed by atoms with E-state index in [0.29, 0.717) is 22.7 Å². The standard InChI is InChI=1S/C24H24ClN7O/c1-2-22(33)29-15-7-9-17(10-8-15)32-14-16(11-28-32)30-24-27-13-20(25)23(31-24)19-12-26-21-6-4-3-5-18(19)21/h2-6,11-15,17,26H,1,7-10H2,(H,29,33)(H,27,30,31). The summed E-state index contributed by atoms with van der Waals surface area (Å²) in [5.41, 5.74) is 3.43. The summed E-state index contributed by atoms with van der Waals surface area (Å²) in [5, 5.41) is 12.3. The van der Waals surface area contributed by atoms with Crippen LogP contribution in [0.1, 0.15) is 31.7 Å². The number of anilines is 2. The minimum absolute atomic E-state index is 0.112. The number of para-hydroxylation sites is 1. The Kier molecular flexibility index (Phi) is 5.83. The van der Waals surface area contributed by atoms with Gasteiger partial charge in [-0.25, -0.2) is 9.97 Å². The molecule has 0 radical (unpaired) electrons. The SMILES string of the molecule is C=CC(=O)NC1CCC(n2cc(Nc3ncc(Cl)c(-c4c[nH]c5ccccc45)n3)cn2)CC1. The number of nitrogens with one attached hydrogen (secondary N) is 3. The first kappa shape index (κ1) is 21.2. The number of hydrogen-bond acceptors (Lipinski definition) is 5. The third-order valence-corrected chi connectivity index (χ3v) is 6.33. The Balaban J connectivity index is 1.29. The summed E-state index contributed by atoms with van der Waals surface area (Å²) in [5.74, 6) is 0.342. The Morgan fingerprint density at radius 1 is 1.21 bits per heavy atom. The highest BCUT2D eigenvalue weighted by molar-refractivity contribution is 6.33. The van der Waals surface area contributed by atoms with Gasteiger partial charge in [-0.2, -0.15) is 5.10 Å². The fraction of sp³-hybridized carbons (Fsp3) is 0.250. The molecular formula is C24H24ClN7O. The smallest absolute Gasteiger partial charge is 0.243 e. The molecule has 3 aromatic heterocycles. The number of benzene rings is 1. The van der Waals surface area contributed by atoms with Gasteiger partial charge in [0.1, 0.15) is 0 Å². The highest BCUT2D eigenvalue weighted by Gasteiger charge is 2.23. The number of aromatic nitrogens is 5. The van der Waals surface area contributed by atoms with E-state index in [1.807, 2.05) is 41.3 Å². The van der Waals surface area contributed by atoms with Crippen LogP contribution in [0.5, 0.6) is 0 Å². The number of hydrogen-bond donors (Lipinski definition) is 3. The van der Waals surface area contributed by atoms with Crippen LogP contribution in [0, 0.1) is 0 Å². The zero-order chi connectivity index (χ0) is 22.8. The average molecular weight is 462 g/mol. The van der Waals surface area contributed by atoms with Crippen molar-refractivity contribution in [2.45, 2.75) is 37.8 Å². The van der Waals surface area contributed by atoms with Crippen molar-refractivity contribution in [3.05, 3.63) is 66.7 Å². The van der Waals surface area contributed by atoms with Crippen molar-refractivity contribution in [3.8, 4) is 11.3 Å². The van der Waals surface area contributed by atoms with Gasteiger partial charge in [-0.3, -0.25) is 9.48 Å². The van der Waals surface area contributed by atoms with Crippen LogP contribution in [0.3, 0.4) is 0 Å². The van der Waals surface area contributed by atoms with E-state index in [1.54, 1.807) is 12.4 Å². The zero-order valence-corrected chi connectivity index (χ0v) is 18.7. The first-order valence-corrected chi connectivity index (χ1v) is 11.3. The van der Waals surface area contributed by atoms with E-state index in [0.717, 1.165) is 47.8 Å². The average Bonchev–Trinajstić information content (AvgIpc) is 3.48. The maximum absolute atomic E-state index is 11.5. The van der Waals surface area contributed by atoms with E-state index in [4.69, 9.17) is 11.6 Å². The van der Waals surface area contributed by atoms with E-state index in [2.05, 4.69) is 37.3 Å². The summed E-state index contributed by atoms with van der Waals surface area (Å²) in [6, 6.07) is 8.52. The first-order valence-electron chi connectivity index (χ1n) is 10.9. The van der Waals surface area contributed by atoms with Crippen molar-refractivity contribution in [2.24, 2.45) is 0 Å². The molecule has 8 nitrogen and oxygen atoms in total. The quantitative estimate of drug-likeness (QED) is 0.350. The molecule has 1 aliphatic rings. The molecule has 4 aromatic rings. The molecule has 1 aliphatic carbocycles. The van der Waals surface area contributed by atoms with Crippen molar-refractivity contribution < 1.29 is 4.79 Å². The van der Waals surface area contributed by atoms with Crippen molar-refractivity contribution in [2.75, 3.05) is 5.32 Å². The molecule has 0 saturated heterocycles. The van der Waals surface area contributed by atoms with Crippen LogP contribution >= 0.6 is 11.6 Å². The van der Waals surface area contributed by atoms with Crippen LogP contribution in [0.25, 0.3) is 22.2 Å². The minimum Gasteiger partial charge on any atom is -0.360 e. The molecule has 1 fully saturated rings. The van der Waals surface area contributed by atoms with Gasteiger partial charge in [0.15, 0.2) is 0 Å². The molecule has 1 amide bonds. The lowest BCUT2D eigenvalue weighted by atomic mass is 9.91. The molecule has 9 heteroatoms. The van der Waals surface area contributed by atoms with Crippen molar-refractivity contribution >= 4 is 40.0 Å². The van der Waals surface area contributed by atoms with Gasteiger partial charge in [0.05, 0.1) is 34.8 Å². The Labute approximate surface area is 196 Å². The van der Waals surface area contributed by atoms with Crippen molar-refractivity contribution in [3.63, 3.8) is 0 Å². The van der Waals surface area contributed by atoms with E-state index in [1.165, 1.54) is 6.08 Å². The van der Waals surface area contributed by atoms with Crippen LogP contribution < -0.4 is 10.6 Å². The Bertz CT molecular complexity index is 1300. The Morgan fingerprint density at radius 2 is 2.03 bits per heavy atom. The maximum Gasteiger partial charge on any atom is 0.243 e. The lowest BCUT2D eigenvalue weighted by Crippen LogP contribution is -2.37. The Morgan fingerprint density at radius 3 is 2.85 bits per heavy atom. The third kappa shape index (κ3) is 4.47. The first-order chi connectivity index (χ1) is 16.1.